The van der Waals surface area contributed by atoms with Gasteiger partial charge >= 0.3 is 0 Å². The topological polar surface area (TPSA) is 48.1 Å². The predicted octanol–water partition coefficient (Wildman–Crippen LogP) is 1.71. The Morgan fingerprint density at radius 3 is 3.08 bits per heavy atom. The van der Waals surface area contributed by atoms with Gasteiger partial charge in [-0.15, -0.1) is 11.8 Å². The molecule has 2 N–H and O–H groups in total. The lowest BCUT2D eigenvalue weighted by atomic mass is 10.3. The minimum absolute atomic E-state index is 0.722. The van der Waals surface area contributed by atoms with Crippen molar-refractivity contribution in [2.75, 3.05) is 25.2 Å². The molecule has 0 saturated heterocycles. The Labute approximate surface area is 82.7 Å². The number of thioether (sulfide) groups is 1. The van der Waals surface area contributed by atoms with Gasteiger partial charge in [-0.25, -0.2) is 4.98 Å². The van der Waals surface area contributed by atoms with Crippen LogP contribution in [-0.2, 0) is 4.74 Å². The van der Waals surface area contributed by atoms with Crippen LogP contribution < -0.4 is 5.73 Å². The fourth-order valence-corrected chi connectivity index (χ4v) is 1.78. The number of pyridine rings is 1. The van der Waals surface area contributed by atoms with Crippen molar-refractivity contribution in [3.8, 4) is 0 Å². The predicted molar refractivity (Wildman–Crippen MR) is 56.0 cm³/mol. The van der Waals surface area contributed by atoms with Gasteiger partial charge in [-0.2, -0.15) is 0 Å². The molecule has 0 radical (unpaired) electrons. The van der Waals surface area contributed by atoms with Crippen molar-refractivity contribution in [1.29, 1.82) is 0 Å². The van der Waals surface area contributed by atoms with Gasteiger partial charge in [0.1, 0.15) is 5.03 Å². The Kier molecular flexibility index (Phi) is 4.05. The molecule has 0 atom stereocenters. The second-order valence-electron chi connectivity index (χ2n) is 2.69. The van der Waals surface area contributed by atoms with Gasteiger partial charge in [0.25, 0.3) is 0 Å². The van der Waals surface area contributed by atoms with Crippen LogP contribution in [0.25, 0.3) is 0 Å². The summed E-state index contributed by atoms with van der Waals surface area (Å²) >= 11 is 1.62. The van der Waals surface area contributed by atoms with E-state index in [1.54, 1.807) is 25.1 Å². The van der Waals surface area contributed by atoms with Gasteiger partial charge in [0.2, 0.25) is 0 Å². The highest BCUT2D eigenvalue weighted by atomic mass is 32.2. The smallest absolute Gasteiger partial charge is 0.119 e. The van der Waals surface area contributed by atoms with Crippen molar-refractivity contribution >= 4 is 17.4 Å². The van der Waals surface area contributed by atoms with Crippen molar-refractivity contribution in [3.63, 3.8) is 0 Å². The number of nitrogens with zero attached hydrogens (tertiary/aromatic N) is 1. The summed E-state index contributed by atoms with van der Waals surface area (Å²) in [7, 11) is 1.69. The first kappa shape index (κ1) is 10.3. The van der Waals surface area contributed by atoms with Crippen LogP contribution in [0.2, 0.25) is 0 Å². The first-order valence-corrected chi connectivity index (χ1v) is 5.07. The van der Waals surface area contributed by atoms with Gasteiger partial charge in [-0.05, 0) is 18.6 Å². The summed E-state index contributed by atoms with van der Waals surface area (Å²) in [6, 6.07) is 1.91. The lowest BCUT2D eigenvalue weighted by Gasteiger charge is -2.05. The van der Waals surface area contributed by atoms with E-state index in [-0.39, 0.29) is 0 Å². The molecule has 72 valence electrons. The fraction of sp³-hybridized carbons (Fsp3) is 0.444. The number of hydrogen-bond acceptors (Lipinski definition) is 4. The van der Waals surface area contributed by atoms with Crippen LogP contribution in [0.3, 0.4) is 0 Å². The van der Waals surface area contributed by atoms with Crippen molar-refractivity contribution in [2.24, 2.45) is 0 Å². The van der Waals surface area contributed by atoms with E-state index in [0.717, 1.165) is 28.6 Å². The number of nitrogens with two attached hydrogens (primary N) is 1. The first-order chi connectivity index (χ1) is 6.25. The zero-order valence-electron chi connectivity index (χ0n) is 7.91. The van der Waals surface area contributed by atoms with Gasteiger partial charge in [-0.1, -0.05) is 0 Å². The highest BCUT2D eigenvalue weighted by molar-refractivity contribution is 7.99. The van der Waals surface area contributed by atoms with Gasteiger partial charge in [0, 0.05) is 19.1 Å². The van der Waals surface area contributed by atoms with Gasteiger partial charge in [0.15, 0.2) is 0 Å². The lowest BCUT2D eigenvalue weighted by molar-refractivity contribution is 0.218. The van der Waals surface area contributed by atoms with E-state index < -0.39 is 0 Å². The summed E-state index contributed by atoms with van der Waals surface area (Å²) in [5, 5.41) is 0.900. The van der Waals surface area contributed by atoms with Gasteiger partial charge in [0.05, 0.1) is 12.3 Å². The summed E-state index contributed by atoms with van der Waals surface area (Å²) in [5.41, 5.74) is 7.70. The molecule has 3 nitrogen and oxygen atoms in total. The average Bonchev–Trinajstić information content (AvgIpc) is 2.13. The summed E-state index contributed by atoms with van der Waals surface area (Å²) < 4.78 is 4.94. The summed E-state index contributed by atoms with van der Waals surface area (Å²) in [6.07, 6.45) is 1.78. The molecular formula is C9H14N2OS. The molecule has 0 fully saturated rings. The molecule has 4 heteroatoms. The first-order valence-electron chi connectivity index (χ1n) is 4.08. The van der Waals surface area contributed by atoms with Crippen molar-refractivity contribution in [1.82, 2.24) is 4.98 Å². The molecule has 0 aliphatic carbocycles. The standard InChI is InChI=1S/C9H14N2OS/c1-7-3-4-11-9(8(7)10)13-6-5-12-2/h3-4H,5-6,10H2,1-2H3. The number of ether oxygens (including phenoxy) is 1. The average molecular weight is 198 g/mol. The van der Waals surface area contributed by atoms with Crippen LogP contribution in [0.15, 0.2) is 17.3 Å². The molecule has 13 heavy (non-hydrogen) atoms. The number of aryl methyl sites for hydroxylation is 1. The fourth-order valence-electron chi connectivity index (χ4n) is 0.881. The zero-order valence-corrected chi connectivity index (χ0v) is 8.73. The van der Waals surface area contributed by atoms with Crippen LogP contribution >= 0.6 is 11.8 Å². The SMILES string of the molecule is COCCSc1nccc(C)c1N. The van der Waals surface area contributed by atoms with Crippen LogP contribution in [0, 0.1) is 6.92 Å². The molecule has 1 aromatic heterocycles. The molecule has 0 aliphatic rings. The Balaban J connectivity index is 2.61. The van der Waals surface area contributed by atoms with E-state index in [1.165, 1.54) is 0 Å². The monoisotopic (exact) mass is 198 g/mol. The number of hydrogen-bond donors (Lipinski definition) is 1. The zero-order chi connectivity index (χ0) is 9.68. The molecule has 0 aliphatic heterocycles. The second kappa shape index (κ2) is 5.09. The maximum atomic E-state index is 5.84. The number of rotatable bonds is 4. The molecule has 0 aromatic carbocycles. The Bertz CT molecular complexity index is 278. The van der Waals surface area contributed by atoms with Crippen LogP contribution in [0.5, 0.6) is 0 Å². The van der Waals surface area contributed by atoms with Crippen molar-refractivity contribution in [3.05, 3.63) is 17.8 Å². The van der Waals surface area contributed by atoms with Crippen LogP contribution in [0.4, 0.5) is 5.69 Å². The van der Waals surface area contributed by atoms with E-state index >= 15 is 0 Å². The third kappa shape index (κ3) is 2.90. The van der Waals surface area contributed by atoms with Gasteiger partial charge < -0.3 is 10.5 Å². The normalized spacial score (nSPS) is 10.3. The Morgan fingerprint density at radius 1 is 1.62 bits per heavy atom. The molecule has 0 saturated carbocycles. The highest BCUT2D eigenvalue weighted by Crippen LogP contribution is 2.24. The molecule has 0 bridgehead atoms. The quantitative estimate of drug-likeness (QED) is 0.591. The van der Waals surface area contributed by atoms with Crippen molar-refractivity contribution in [2.45, 2.75) is 11.9 Å². The molecule has 0 spiro atoms. The van der Waals surface area contributed by atoms with E-state index in [1.807, 2.05) is 13.0 Å². The third-order valence-corrected chi connectivity index (χ3v) is 2.67. The van der Waals surface area contributed by atoms with Crippen LogP contribution in [0.1, 0.15) is 5.56 Å². The van der Waals surface area contributed by atoms with E-state index in [2.05, 4.69) is 4.98 Å². The largest absolute Gasteiger partial charge is 0.396 e. The Hall–Kier alpha value is -0.740. The van der Waals surface area contributed by atoms with Gasteiger partial charge in [-0.3, -0.25) is 0 Å². The number of aromatic nitrogens is 1. The maximum Gasteiger partial charge on any atom is 0.119 e. The number of anilines is 1. The minimum Gasteiger partial charge on any atom is -0.396 e. The van der Waals surface area contributed by atoms with Crippen molar-refractivity contribution < 1.29 is 4.74 Å². The molecule has 1 aromatic rings. The highest BCUT2D eigenvalue weighted by Gasteiger charge is 2.02. The minimum atomic E-state index is 0.722. The third-order valence-electron chi connectivity index (χ3n) is 1.70. The van der Waals surface area contributed by atoms with E-state index in [9.17, 15) is 0 Å². The second-order valence-corrected chi connectivity index (χ2v) is 3.77. The lowest BCUT2D eigenvalue weighted by Crippen LogP contribution is -1.97. The van der Waals surface area contributed by atoms with E-state index in [4.69, 9.17) is 10.5 Å². The molecular weight excluding hydrogens is 184 g/mol. The molecule has 0 amide bonds. The molecule has 1 heterocycles. The number of nitrogen functional groups attached to an aromatic ring is 1. The van der Waals surface area contributed by atoms with E-state index in [0.29, 0.717) is 0 Å². The summed E-state index contributed by atoms with van der Waals surface area (Å²) in [4.78, 5) is 4.19. The Morgan fingerprint density at radius 2 is 2.38 bits per heavy atom. The summed E-state index contributed by atoms with van der Waals surface area (Å²) in [5.74, 6) is 0.886. The molecule has 1 rings (SSSR count). The summed E-state index contributed by atoms with van der Waals surface area (Å²) in [6.45, 7) is 2.71. The molecule has 0 unspecified atom stereocenters. The number of methoxy groups -OCH3 is 1. The van der Waals surface area contributed by atoms with Crippen LogP contribution in [-0.4, -0.2) is 24.5 Å². The maximum absolute atomic E-state index is 5.84.